The van der Waals surface area contributed by atoms with Crippen molar-refractivity contribution in [2.45, 2.75) is 27.2 Å². The van der Waals surface area contributed by atoms with E-state index < -0.39 is 0 Å². The summed E-state index contributed by atoms with van der Waals surface area (Å²) in [5, 5.41) is 2.91. The van der Waals surface area contributed by atoms with Crippen LogP contribution in [-0.2, 0) is 4.74 Å². The molecule has 1 aliphatic rings. The van der Waals surface area contributed by atoms with Gasteiger partial charge in [-0.3, -0.25) is 9.78 Å². The molecule has 0 unspecified atom stereocenters. The Balaban J connectivity index is 1.91. The van der Waals surface area contributed by atoms with Gasteiger partial charge >= 0.3 is 6.09 Å². The quantitative estimate of drug-likeness (QED) is 0.852. The lowest BCUT2D eigenvalue weighted by atomic mass is 10.1. The fraction of sp³-hybridized carbons (Fsp3) is 0.611. The van der Waals surface area contributed by atoms with Crippen LogP contribution in [0.4, 0.5) is 10.5 Å². The molecular weight excluding hydrogens is 320 g/mol. The van der Waals surface area contributed by atoms with Crippen molar-refractivity contribution < 1.29 is 14.3 Å². The lowest BCUT2D eigenvalue weighted by molar-refractivity contribution is 0.0947. The molecule has 0 saturated carbocycles. The third kappa shape index (κ3) is 5.62. The smallest absolute Gasteiger partial charge is 0.409 e. The van der Waals surface area contributed by atoms with Gasteiger partial charge in [-0.05, 0) is 31.4 Å². The molecule has 1 saturated heterocycles. The Hall–Kier alpha value is -2.31. The van der Waals surface area contributed by atoms with Crippen LogP contribution < -0.4 is 10.2 Å². The fourth-order valence-corrected chi connectivity index (χ4v) is 2.67. The molecule has 0 atom stereocenters. The van der Waals surface area contributed by atoms with Gasteiger partial charge in [-0.15, -0.1) is 0 Å². The summed E-state index contributed by atoms with van der Waals surface area (Å²) in [6, 6.07) is 3.70. The zero-order valence-corrected chi connectivity index (χ0v) is 15.3. The van der Waals surface area contributed by atoms with E-state index in [1.807, 2.05) is 12.1 Å². The number of nitrogens with one attached hydrogen (secondary N) is 1. The molecule has 1 aromatic rings. The first-order chi connectivity index (χ1) is 12.0. The van der Waals surface area contributed by atoms with E-state index >= 15 is 0 Å². The van der Waals surface area contributed by atoms with Crippen LogP contribution in [0.25, 0.3) is 0 Å². The first-order valence-corrected chi connectivity index (χ1v) is 8.92. The van der Waals surface area contributed by atoms with Crippen LogP contribution in [0.3, 0.4) is 0 Å². The number of ether oxygens (including phenoxy) is 1. The van der Waals surface area contributed by atoms with E-state index in [4.69, 9.17) is 4.74 Å². The number of aromatic nitrogens is 1. The van der Waals surface area contributed by atoms with Gasteiger partial charge in [0.15, 0.2) is 0 Å². The zero-order chi connectivity index (χ0) is 18.2. The maximum atomic E-state index is 12.2. The molecule has 0 bridgehead atoms. The molecule has 0 spiro atoms. The normalized spacial score (nSPS) is 14.6. The summed E-state index contributed by atoms with van der Waals surface area (Å²) in [7, 11) is 0. The van der Waals surface area contributed by atoms with Gasteiger partial charge in [-0.25, -0.2) is 4.79 Å². The van der Waals surface area contributed by atoms with E-state index in [0.29, 0.717) is 50.9 Å². The molecule has 2 heterocycles. The Morgan fingerprint density at radius 2 is 2.00 bits per heavy atom. The highest BCUT2D eigenvalue weighted by Crippen LogP contribution is 2.17. The number of carbonyl (C=O) groups is 2. The number of pyridine rings is 1. The molecule has 138 valence electrons. The Labute approximate surface area is 149 Å². The number of anilines is 1. The highest BCUT2D eigenvalue weighted by molar-refractivity contribution is 5.93. The van der Waals surface area contributed by atoms with Crippen LogP contribution in [0, 0.1) is 5.92 Å². The molecular formula is C18H28N4O3. The maximum Gasteiger partial charge on any atom is 0.409 e. The van der Waals surface area contributed by atoms with Crippen molar-refractivity contribution in [3.8, 4) is 0 Å². The minimum Gasteiger partial charge on any atom is -0.450 e. The second kappa shape index (κ2) is 9.25. The minimum absolute atomic E-state index is 0.146. The summed E-state index contributed by atoms with van der Waals surface area (Å²) in [6.45, 7) is 9.72. The van der Waals surface area contributed by atoms with Gasteiger partial charge in [-0.2, -0.15) is 0 Å². The minimum atomic E-state index is -0.262. The number of hydrogen-bond acceptors (Lipinski definition) is 5. The van der Waals surface area contributed by atoms with Gasteiger partial charge in [0, 0.05) is 44.6 Å². The number of hydrogen-bond donors (Lipinski definition) is 1. The summed E-state index contributed by atoms with van der Waals surface area (Å²) in [5.74, 6) is 0.406. The SMILES string of the molecule is CCOC(=O)N1CCN(c2ccnc(C(=O)NCCC(C)C)c2)CC1. The first kappa shape index (κ1) is 19.0. The number of rotatable bonds is 6. The molecule has 0 radical (unpaired) electrons. The first-order valence-electron chi connectivity index (χ1n) is 8.92. The standard InChI is InChI=1S/C18H28N4O3/c1-4-25-18(24)22-11-9-21(10-12-22)15-6-8-19-16(13-15)17(23)20-7-5-14(2)3/h6,8,13-14H,4-5,7,9-12H2,1-3H3,(H,20,23). The highest BCUT2D eigenvalue weighted by atomic mass is 16.6. The maximum absolute atomic E-state index is 12.2. The Morgan fingerprint density at radius 3 is 2.64 bits per heavy atom. The highest BCUT2D eigenvalue weighted by Gasteiger charge is 2.22. The van der Waals surface area contributed by atoms with Gasteiger partial charge in [0.2, 0.25) is 0 Å². The largest absolute Gasteiger partial charge is 0.450 e. The number of nitrogens with zero attached hydrogens (tertiary/aromatic N) is 3. The van der Waals surface area contributed by atoms with E-state index in [1.165, 1.54) is 0 Å². The number of carbonyl (C=O) groups excluding carboxylic acids is 2. The van der Waals surface area contributed by atoms with Gasteiger partial charge in [-0.1, -0.05) is 13.8 Å². The van der Waals surface area contributed by atoms with E-state index in [0.717, 1.165) is 12.1 Å². The van der Waals surface area contributed by atoms with Crippen molar-refractivity contribution in [1.82, 2.24) is 15.2 Å². The molecule has 0 aromatic carbocycles. The zero-order valence-electron chi connectivity index (χ0n) is 15.3. The van der Waals surface area contributed by atoms with Gasteiger partial charge < -0.3 is 19.9 Å². The lowest BCUT2D eigenvalue weighted by Crippen LogP contribution is -2.49. The summed E-state index contributed by atoms with van der Waals surface area (Å²) in [5.41, 5.74) is 1.38. The van der Waals surface area contributed by atoms with Crippen LogP contribution in [0.2, 0.25) is 0 Å². The predicted octanol–water partition coefficient (Wildman–Crippen LogP) is 2.14. The average Bonchev–Trinajstić information content (AvgIpc) is 2.62. The summed E-state index contributed by atoms with van der Waals surface area (Å²) < 4.78 is 5.03. The van der Waals surface area contributed by atoms with Crippen molar-refractivity contribution in [1.29, 1.82) is 0 Å². The van der Waals surface area contributed by atoms with E-state index in [2.05, 4.69) is 29.0 Å². The molecule has 25 heavy (non-hydrogen) atoms. The van der Waals surface area contributed by atoms with Crippen LogP contribution in [0.1, 0.15) is 37.7 Å². The second-order valence-corrected chi connectivity index (χ2v) is 6.51. The molecule has 2 amide bonds. The van der Waals surface area contributed by atoms with Gasteiger partial charge in [0.25, 0.3) is 5.91 Å². The molecule has 1 aromatic heterocycles. The lowest BCUT2D eigenvalue weighted by Gasteiger charge is -2.35. The topological polar surface area (TPSA) is 74.8 Å². The summed E-state index contributed by atoms with van der Waals surface area (Å²) in [6.07, 6.45) is 2.34. The molecule has 0 aliphatic carbocycles. The Bertz CT molecular complexity index is 583. The van der Waals surface area contributed by atoms with Crippen molar-refractivity contribution in [2.75, 3.05) is 44.2 Å². The van der Waals surface area contributed by atoms with Gasteiger partial charge in [0.05, 0.1) is 6.61 Å². The van der Waals surface area contributed by atoms with E-state index in [-0.39, 0.29) is 12.0 Å². The Kier molecular flexibility index (Phi) is 7.03. The van der Waals surface area contributed by atoms with Crippen molar-refractivity contribution in [3.63, 3.8) is 0 Å². The molecule has 1 aliphatic heterocycles. The second-order valence-electron chi connectivity index (χ2n) is 6.51. The predicted molar refractivity (Wildman–Crippen MR) is 96.8 cm³/mol. The van der Waals surface area contributed by atoms with Crippen LogP contribution in [0.15, 0.2) is 18.3 Å². The molecule has 1 N–H and O–H groups in total. The summed E-state index contributed by atoms with van der Waals surface area (Å²) >= 11 is 0. The van der Waals surface area contributed by atoms with Crippen molar-refractivity contribution in [2.24, 2.45) is 5.92 Å². The van der Waals surface area contributed by atoms with E-state index in [1.54, 1.807) is 18.0 Å². The molecule has 2 rings (SSSR count). The monoisotopic (exact) mass is 348 g/mol. The van der Waals surface area contributed by atoms with Crippen LogP contribution in [-0.4, -0.2) is 61.2 Å². The third-order valence-corrected chi connectivity index (χ3v) is 4.15. The number of piperazine rings is 1. The van der Waals surface area contributed by atoms with Crippen LogP contribution in [0.5, 0.6) is 0 Å². The number of amides is 2. The fourth-order valence-electron chi connectivity index (χ4n) is 2.67. The van der Waals surface area contributed by atoms with Crippen molar-refractivity contribution >= 4 is 17.7 Å². The average molecular weight is 348 g/mol. The summed E-state index contributed by atoms with van der Waals surface area (Å²) in [4.78, 5) is 32.0. The molecule has 1 fully saturated rings. The van der Waals surface area contributed by atoms with E-state index in [9.17, 15) is 9.59 Å². The molecule has 7 nitrogen and oxygen atoms in total. The molecule has 7 heteroatoms. The van der Waals surface area contributed by atoms with Crippen molar-refractivity contribution in [3.05, 3.63) is 24.0 Å². The van der Waals surface area contributed by atoms with Gasteiger partial charge in [0.1, 0.15) is 5.69 Å². The third-order valence-electron chi connectivity index (χ3n) is 4.15. The van der Waals surface area contributed by atoms with Crippen LogP contribution >= 0.6 is 0 Å². The Morgan fingerprint density at radius 1 is 1.28 bits per heavy atom.